The van der Waals surface area contributed by atoms with E-state index in [4.69, 9.17) is 4.74 Å². The van der Waals surface area contributed by atoms with Crippen molar-refractivity contribution in [2.45, 2.75) is 19.9 Å². The number of nitrogens with zero attached hydrogens (tertiary/aromatic N) is 6. The number of rotatable bonds is 5. The summed E-state index contributed by atoms with van der Waals surface area (Å²) >= 11 is 0. The minimum atomic E-state index is -0.267. The molecule has 0 atom stereocenters. The van der Waals surface area contributed by atoms with E-state index in [9.17, 15) is 9.90 Å². The SMILES string of the molecule is COc1ccc(Cn2cc(N3CCc4c(nn(-c5cccc(C)n5)c4O)C3=O)cn2)cc1. The fraction of sp³-hybridized carbons (Fsp3) is 0.217. The highest BCUT2D eigenvalue weighted by Gasteiger charge is 2.33. The maximum Gasteiger partial charge on any atom is 0.279 e. The highest BCUT2D eigenvalue weighted by atomic mass is 16.5. The van der Waals surface area contributed by atoms with Crippen LogP contribution in [0, 0.1) is 6.92 Å². The molecule has 32 heavy (non-hydrogen) atoms. The van der Waals surface area contributed by atoms with Crippen molar-refractivity contribution in [1.82, 2.24) is 24.5 Å². The number of aromatic hydroxyl groups is 1. The highest BCUT2D eigenvalue weighted by molar-refractivity contribution is 6.07. The van der Waals surface area contributed by atoms with Crippen LogP contribution in [0.25, 0.3) is 5.82 Å². The summed E-state index contributed by atoms with van der Waals surface area (Å²) in [5, 5.41) is 19.5. The van der Waals surface area contributed by atoms with E-state index in [1.807, 2.05) is 49.5 Å². The summed E-state index contributed by atoms with van der Waals surface area (Å²) in [6.45, 7) is 2.87. The van der Waals surface area contributed by atoms with Gasteiger partial charge in [-0.15, -0.1) is 0 Å². The van der Waals surface area contributed by atoms with Gasteiger partial charge in [0.25, 0.3) is 5.91 Å². The summed E-state index contributed by atoms with van der Waals surface area (Å²) in [6.07, 6.45) is 4.00. The molecule has 1 aromatic carbocycles. The smallest absolute Gasteiger partial charge is 0.279 e. The number of anilines is 1. The van der Waals surface area contributed by atoms with Crippen LogP contribution in [-0.4, -0.2) is 49.2 Å². The average Bonchev–Trinajstić information content (AvgIpc) is 3.40. The van der Waals surface area contributed by atoms with Gasteiger partial charge in [0.2, 0.25) is 5.88 Å². The average molecular weight is 430 g/mol. The number of aromatic nitrogens is 5. The molecule has 1 amide bonds. The fourth-order valence-corrected chi connectivity index (χ4v) is 3.85. The Kier molecular flexibility index (Phi) is 4.85. The second-order valence-corrected chi connectivity index (χ2v) is 7.65. The lowest BCUT2D eigenvalue weighted by Crippen LogP contribution is -2.37. The molecular formula is C23H22N6O3. The van der Waals surface area contributed by atoms with Crippen LogP contribution in [0.1, 0.15) is 27.3 Å². The van der Waals surface area contributed by atoms with Gasteiger partial charge in [0, 0.05) is 24.0 Å². The molecule has 3 aromatic heterocycles. The van der Waals surface area contributed by atoms with Gasteiger partial charge in [-0.05, 0) is 43.2 Å². The van der Waals surface area contributed by atoms with Crippen LogP contribution in [0.3, 0.4) is 0 Å². The Labute approximate surface area is 184 Å². The van der Waals surface area contributed by atoms with Gasteiger partial charge in [0.1, 0.15) is 5.75 Å². The van der Waals surface area contributed by atoms with E-state index in [0.717, 1.165) is 17.0 Å². The van der Waals surface area contributed by atoms with Gasteiger partial charge in [-0.3, -0.25) is 9.48 Å². The van der Waals surface area contributed by atoms with Crippen LogP contribution in [0.4, 0.5) is 5.69 Å². The molecule has 162 valence electrons. The Hall–Kier alpha value is -4.14. The lowest BCUT2D eigenvalue weighted by molar-refractivity contribution is 0.0975. The maximum absolute atomic E-state index is 13.2. The molecule has 9 heteroatoms. The second-order valence-electron chi connectivity index (χ2n) is 7.65. The number of aryl methyl sites for hydroxylation is 1. The van der Waals surface area contributed by atoms with E-state index in [0.29, 0.717) is 36.6 Å². The molecule has 1 aliphatic heterocycles. The van der Waals surface area contributed by atoms with Crippen LogP contribution in [0.2, 0.25) is 0 Å². The van der Waals surface area contributed by atoms with Gasteiger partial charge in [-0.1, -0.05) is 18.2 Å². The third-order valence-electron chi connectivity index (χ3n) is 5.52. The topological polar surface area (TPSA) is 98.3 Å². The lowest BCUT2D eigenvalue weighted by Gasteiger charge is -2.24. The minimum Gasteiger partial charge on any atom is -0.497 e. The molecule has 0 fully saturated rings. The fourth-order valence-electron chi connectivity index (χ4n) is 3.85. The van der Waals surface area contributed by atoms with Gasteiger partial charge in [-0.25, -0.2) is 4.98 Å². The number of hydrogen-bond acceptors (Lipinski definition) is 6. The Morgan fingerprint density at radius 1 is 1.16 bits per heavy atom. The molecule has 4 heterocycles. The van der Waals surface area contributed by atoms with Crippen molar-refractivity contribution in [2.24, 2.45) is 0 Å². The zero-order valence-electron chi connectivity index (χ0n) is 17.8. The third kappa shape index (κ3) is 3.47. The number of pyridine rings is 1. The standard InChI is InChI=1S/C23H22N6O3/c1-15-4-3-5-20(25-15)29-22(30)19-10-11-28(23(31)21(19)26-29)17-12-24-27(14-17)13-16-6-8-18(32-2)9-7-16/h3-9,12,14,30H,10-11,13H2,1-2H3. The molecule has 0 saturated heterocycles. The van der Waals surface area contributed by atoms with Crippen LogP contribution in [0.15, 0.2) is 54.9 Å². The normalized spacial score (nSPS) is 13.3. The van der Waals surface area contributed by atoms with Gasteiger partial charge < -0.3 is 14.7 Å². The summed E-state index contributed by atoms with van der Waals surface area (Å²) < 4.78 is 8.30. The Morgan fingerprint density at radius 2 is 1.97 bits per heavy atom. The number of hydrogen-bond donors (Lipinski definition) is 1. The number of carbonyl (C=O) groups excluding carboxylic acids is 1. The highest BCUT2D eigenvalue weighted by Crippen LogP contribution is 2.31. The first-order valence-corrected chi connectivity index (χ1v) is 10.3. The molecule has 0 saturated carbocycles. The molecule has 0 aliphatic carbocycles. The Balaban J connectivity index is 1.38. The van der Waals surface area contributed by atoms with Crippen molar-refractivity contribution in [3.63, 3.8) is 0 Å². The Morgan fingerprint density at radius 3 is 2.72 bits per heavy atom. The molecule has 0 radical (unpaired) electrons. The molecule has 0 unspecified atom stereocenters. The van der Waals surface area contributed by atoms with Crippen molar-refractivity contribution < 1.29 is 14.6 Å². The van der Waals surface area contributed by atoms with E-state index in [1.165, 1.54) is 4.68 Å². The molecule has 4 aromatic rings. The number of methoxy groups -OCH3 is 1. The molecule has 0 bridgehead atoms. The van der Waals surface area contributed by atoms with Crippen molar-refractivity contribution in [2.75, 3.05) is 18.6 Å². The van der Waals surface area contributed by atoms with Gasteiger partial charge >= 0.3 is 0 Å². The third-order valence-corrected chi connectivity index (χ3v) is 5.52. The zero-order valence-corrected chi connectivity index (χ0v) is 17.8. The minimum absolute atomic E-state index is 0.0405. The monoisotopic (exact) mass is 430 g/mol. The number of fused-ring (bicyclic) bond motifs is 1. The molecule has 9 nitrogen and oxygen atoms in total. The first kappa shape index (κ1) is 19.8. The van der Waals surface area contributed by atoms with E-state index < -0.39 is 0 Å². The molecular weight excluding hydrogens is 408 g/mol. The van der Waals surface area contributed by atoms with Gasteiger partial charge in [-0.2, -0.15) is 14.9 Å². The summed E-state index contributed by atoms with van der Waals surface area (Å²) in [6, 6.07) is 13.2. The predicted octanol–water partition coefficient (Wildman–Crippen LogP) is 2.74. The molecule has 1 N–H and O–H groups in total. The quantitative estimate of drug-likeness (QED) is 0.523. The van der Waals surface area contributed by atoms with Gasteiger partial charge in [0.15, 0.2) is 11.5 Å². The first-order chi connectivity index (χ1) is 15.5. The Bertz CT molecular complexity index is 1290. The summed E-state index contributed by atoms with van der Waals surface area (Å²) in [7, 11) is 1.63. The number of carbonyl (C=O) groups is 1. The van der Waals surface area contributed by atoms with Crippen molar-refractivity contribution >= 4 is 11.6 Å². The van der Waals surface area contributed by atoms with Crippen LogP contribution in [0.5, 0.6) is 11.6 Å². The number of benzene rings is 1. The molecule has 1 aliphatic rings. The van der Waals surface area contributed by atoms with Gasteiger partial charge in [0.05, 0.1) is 25.5 Å². The summed E-state index contributed by atoms with van der Waals surface area (Å²) in [5.41, 5.74) is 3.34. The van der Waals surface area contributed by atoms with E-state index in [1.54, 1.807) is 29.0 Å². The second kappa shape index (κ2) is 7.84. The number of ether oxygens (including phenoxy) is 1. The van der Waals surface area contributed by atoms with Crippen molar-refractivity contribution in [3.05, 3.63) is 77.4 Å². The maximum atomic E-state index is 13.2. The largest absolute Gasteiger partial charge is 0.497 e. The van der Waals surface area contributed by atoms with Crippen LogP contribution < -0.4 is 9.64 Å². The number of amides is 1. The van der Waals surface area contributed by atoms with Crippen molar-refractivity contribution in [3.8, 4) is 17.4 Å². The van der Waals surface area contributed by atoms with E-state index in [-0.39, 0.29) is 17.5 Å². The lowest BCUT2D eigenvalue weighted by atomic mass is 10.1. The van der Waals surface area contributed by atoms with Crippen molar-refractivity contribution in [1.29, 1.82) is 0 Å². The zero-order chi connectivity index (χ0) is 22.2. The summed E-state index contributed by atoms with van der Waals surface area (Å²) in [4.78, 5) is 19.2. The molecule has 0 spiro atoms. The molecule has 5 rings (SSSR count). The van der Waals surface area contributed by atoms with Crippen LogP contribution >= 0.6 is 0 Å². The summed E-state index contributed by atoms with van der Waals surface area (Å²) in [5.74, 6) is 0.968. The van der Waals surface area contributed by atoms with E-state index in [2.05, 4.69) is 15.2 Å². The van der Waals surface area contributed by atoms with Crippen LogP contribution in [-0.2, 0) is 13.0 Å². The predicted molar refractivity (Wildman–Crippen MR) is 117 cm³/mol. The first-order valence-electron chi connectivity index (χ1n) is 10.3. The van der Waals surface area contributed by atoms with E-state index >= 15 is 0 Å².